The highest BCUT2D eigenvalue weighted by atomic mass is 19.1. The lowest BCUT2D eigenvalue weighted by Gasteiger charge is -2.06. The zero-order valence-corrected chi connectivity index (χ0v) is 10.6. The Morgan fingerprint density at radius 3 is 2.58 bits per heavy atom. The first kappa shape index (κ1) is 11.7. The zero-order chi connectivity index (χ0) is 13.4. The molecule has 19 heavy (non-hydrogen) atoms. The molecule has 0 aliphatic rings. The third kappa shape index (κ3) is 1.95. The van der Waals surface area contributed by atoms with Crippen LogP contribution in [0.15, 0.2) is 42.5 Å². The van der Waals surface area contributed by atoms with E-state index in [4.69, 9.17) is 5.73 Å². The molecular formula is C15H14FN3. The monoisotopic (exact) mass is 255 g/mol. The van der Waals surface area contributed by atoms with E-state index in [1.54, 1.807) is 6.07 Å². The molecule has 0 aliphatic heterocycles. The van der Waals surface area contributed by atoms with Gasteiger partial charge in [0.15, 0.2) is 0 Å². The van der Waals surface area contributed by atoms with Gasteiger partial charge in [0.25, 0.3) is 0 Å². The van der Waals surface area contributed by atoms with Gasteiger partial charge in [0.05, 0.1) is 11.0 Å². The summed E-state index contributed by atoms with van der Waals surface area (Å²) in [4.78, 5) is 4.53. The van der Waals surface area contributed by atoms with Crippen LogP contribution in [0.2, 0.25) is 0 Å². The maximum absolute atomic E-state index is 13.3. The minimum Gasteiger partial charge on any atom is -0.399 e. The van der Waals surface area contributed by atoms with E-state index in [-0.39, 0.29) is 5.82 Å². The summed E-state index contributed by atoms with van der Waals surface area (Å²) in [6, 6.07) is 12.2. The van der Waals surface area contributed by atoms with Crippen molar-refractivity contribution in [3.8, 4) is 11.4 Å². The van der Waals surface area contributed by atoms with E-state index in [0.717, 1.165) is 23.4 Å². The lowest BCUT2D eigenvalue weighted by Crippen LogP contribution is -1.97. The topological polar surface area (TPSA) is 43.8 Å². The molecule has 0 spiro atoms. The van der Waals surface area contributed by atoms with E-state index in [1.165, 1.54) is 12.1 Å². The summed E-state index contributed by atoms with van der Waals surface area (Å²) in [7, 11) is 0. The highest BCUT2D eigenvalue weighted by molar-refractivity contribution is 5.80. The van der Waals surface area contributed by atoms with Gasteiger partial charge in [0, 0.05) is 23.9 Å². The second-order valence-electron chi connectivity index (χ2n) is 4.43. The molecule has 1 heterocycles. The van der Waals surface area contributed by atoms with Gasteiger partial charge in [-0.3, -0.25) is 0 Å². The number of anilines is 1. The van der Waals surface area contributed by atoms with Crippen molar-refractivity contribution in [2.75, 3.05) is 5.73 Å². The SMILES string of the molecule is CCn1c(-c2ccc(N)cc2)nc2cc(F)ccc21. The molecule has 0 radical (unpaired) electrons. The van der Waals surface area contributed by atoms with Crippen LogP contribution in [-0.4, -0.2) is 9.55 Å². The average Bonchev–Trinajstić information content (AvgIpc) is 2.77. The minimum absolute atomic E-state index is 0.267. The number of hydrogen-bond donors (Lipinski definition) is 1. The van der Waals surface area contributed by atoms with Crippen LogP contribution in [0.5, 0.6) is 0 Å². The Labute approximate surface area is 110 Å². The first-order valence-electron chi connectivity index (χ1n) is 6.20. The molecule has 0 unspecified atom stereocenters. The second kappa shape index (κ2) is 4.39. The van der Waals surface area contributed by atoms with Gasteiger partial charge >= 0.3 is 0 Å². The van der Waals surface area contributed by atoms with Crippen molar-refractivity contribution in [3.05, 3.63) is 48.3 Å². The van der Waals surface area contributed by atoms with Crippen LogP contribution in [-0.2, 0) is 6.54 Å². The number of nitrogens with two attached hydrogens (primary N) is 1. The summed E-state index contributed by atoms with van der Waals surface area (Å²) < 4.78 is 15.3. The fraction of sp³-hybridized carbons (Fsp3) is 0.133. The number of hydrogen-bond acceptors (Lipinski definition) is 2. The standard InChI is InChI=1S/C15H14FN3/c1-2-19-14-8-5-11(16)9-13(14)18-15(19)10-3-6-12(17)7-4-10/h3-9H,2,17H2,1H3. The van der Waals surface area contributed by atoms with Gasteiger partial charge < -0.3 is 10.3 Å². The molecule has 0 saturated heterocycles. The molecule has 3 aromatic rings. The predicted molar refractivity (Wildman–Crippen MR) is 75.2 cm³/mol. The molecule has 0 amide bonds. The first-order chi connectivity index (χ1) is 9.19. The van der Waals surface area contributed by atoms with E-state index in [1.807, 2.05) is 31.2 Å². The van der Waals surface area contributed by atoms with Gasteiger partial charge in [-0.05, 0) is 43.3 Å². The number of nitrogens with zero attached hydrogens (tertiary/aromatic N) is 2. The van der Waals surface area contributed by atoms with E-state index >= 15 is 0 Å². The van der Waals surface area contributed by atoms with E-state index in [9.17, 15) is 4.39 Å². The normalized spacial score (nSPS) is 11.1. The molecule has 0 atom stereocenters. The Bertz CT molecular complexity index is 729. The Kier molecular flexibility index (Phi) is 2.71. The van der Waals surface area contributed by atoms with Crippen molar-refractivity contribution in [1.29, 1.82) is 0 Å². The fourth-order valence-corrected chi connectivity index (χ4v) is 2.28. The van der Waals surface area contributed by atoms with Crippen LogP contribution in [0.1, 0.15) is 6.92 Å². The highest BCUT2D eigenvalue weighted by Gasteiger charge is 2.11. The summed E-state index contributed by atoms with van der Waals surface area (Å²) in [5.41, 5.74) is 9.00. The van der Waals surface area contributed by atoms with Crippen molar-refractivity contribution in [3.63, 3.8) is 0 Å². The molecule has 1 aromatic heterocycles. The number of rotatable bonds is 2. The third-order valence-corrected chi connectivity index (χ3v) is 3.20. The Morgan fingerprint density at radius 1 is 1.16 bits per heavy atom. The van der Waals surface area contributed by atoms with Crippen molar-refractivity contribution < 1.29 is 4.39 Å². The van der Waals surface area contributed by atoms with Gasteiger partial charge in [-0.15, -0.1) is 0 Å². The summed E-state index contributed by atoms with van der Waals surface area (Å²) in [5.74, 6) is 0.570. The van der Waals surface area contributed by atoms with Crippen LogP contribution in [0, 0.1) is 5.82 Å². The molecule has 0 fully saturated rings. The largest absolute Gasteiger partial charge is 0.399 e. The predicted octanol–water partition coefficient (Wildman–Crippen LogP) is 3.44. The molecule has 96 valence electrons. The van der Waals surface area contributed by atoms with Gasteiger partial charge in [-0.25, -0.2) is 9.37 Å². The lowest BCUT2D eigenvalue weighted by molar-refractivity contribution is 0.629. The Balaban J connectivity index is 2.25. The lowest BCUT2D eigenvalue weighted by atomic mass is 10.2. The van der Waals surface area contributed by atoms with E-state index in [2.05, 4.69) is 9.55 Å². The van der Waals surface area contributed by atoms with Crippen LogP contribution in [0.4, 0.5) is 10.1 Å². The van der Waals surface area contributed by atoms with Crippen molar-refractivity contribution in [2.24, 2.45) is 0 Å². The smallest absolute Gasteiger partial charge is 0.141 e. The maximum atomic E-state index is 13.3. The van der Waals surface area contributed by atoms with Crippen molar-refractivity contribution in [1.82, 2.24) is 9.55 Å². The van der Waals surface area contributed by atoms with Crippen LogP contribution in [0.3, 0.4) is 0 Å². The number of aryl methyl sites for hydroxylation is 1. The number of imidazole rings is 1. The Morgan fingerprint density at radius 2 is 1.89 bits per heavy atom. The van der Waals surface area contributed by atoms with Crippen molar-refractivity contribution >= 4 is 16.7 Å². The molecule has 0 saturated carbocycles. The second-order valence-corrected chi connectivity index (χ2v) is 4.43. The number of fused-ring (bicyclic) bond motifs is 1. The highest BCUT2D eigenvalue weighted by Crippen LogP contribution is 2.25. The summed E-state index contributed by atoms with van der Waals surface area (Å²) in [6.07, 6.45) is 0. The van der Waals surface area contributed by atoms with Gasteiger partial charge in [0.1, 0.15) is 11.6 Å². The quantitative estimate of drug-likeness (QED) is 0.713. The number of halogens is 1. The molecule has 2 N–H and O–H groups in total. The summed E-state index contributed by atoms with van der Waals surface area (Å²) in [6.45, 7) is 2.83. The molecule has 2 aromatic carbocycles. The van der Waals surface area contributed by atoms with E-state index < -0.39 is 0 Å². The molecule has 3 rings (SSSR count). The molecule has 3 nitrogen and oxygen atoms in total. The maximum Gasteiger partial charge on any atom is 0.141 e. The van der Waals surface area contributed by atoms with Crippen molar-refractivity contribution in [2.45, 2.75) is 13.5 Å². The first-order valence-corrected chi connectivity index (χ1v) is 6.20. The van der Waals surface area contributed by atoms with Crippen LogP contribution < -0.4 is 5.73 Å². The minimum atomic E-state index is -0.267. The molecule has 0 bridgehead atoms. The van der Waals surface area contributed by atoms with Crippen LogP contribution in [0.25, 0.3) is 22.4 Å². The van der Waals surface area contributed by atoms with Gasteiger partial charge in [-0.2, -0.15) is 0 Å². The fourth-order valence-electron chi connectivity index (χ4n) is 2.28. The molecular weight excluding hydrogens is 241 g/mol. The third-order valence-electron chi connectivity index (χ3n) is 3.20. The van der Waals surface area contributed by atoms with Gasteiger partial charge in [0.2, 0.25) is 0 Å². The van der Waals surface area contributed by atoms with E-state index in [0.29, 0.717) is 11.2 Å². The molecule has 4 heteroatoms. The number of aromatic nitrogens is 2. The number of benzene rings is 2. The molecule has 0 aliphatic carbocycles. The van der Waals surface area contributed by atoms with Gasteiger partial charge in [-0.1, -0.05) is 0 Å². The van der Waals surface area contributed by atoms with Crippen LogP contribution >= 0.6 is 0 Å². The Hall–Kier alpha value is -2.36. The number of nitrogen functional groups attached to an aromatic ring is 1. The zero-order valence-electron chi connectivity index (χ0n) is 10.6. The summed E-state index contributed by atoms with van der Waals surface area (Å²) in [5, 5.41) is 0. The summed E-state index contributed by atoms with van der Waals surface area (Å²) >= 11 is 0. The average molecular weight is 255 g/mol.